The molecule has 0 amide bonds. The summed E-state index contributed by atoms with van der Waals surface area (Å²) in [5, 5.41) is 16.0. The average Bonchev–Trinajstić information content (AvgIpc) is 2.99. The number of carbonyl (C=O) groups excluding carboxylic acids is 1. The normalized spacial score (nSPS) is 12.7. The summed E-state index contributed by atoms with van der Waals surface area (Å²) < 4.78 is 24.4. The molecule has 1 unspecified atom stereocenters. The number of aliphatic hydroxyl groups excluding tert-OH is 1. The van der Waals surface area contributed by atoms with E-state index in [1.165, 1.54) is 19.2 Å². The predicted molar refractivity (Wildman–Crippen MR) is 89.8 cm³/mol. The first-order valence-corrected chi connectivity index (χ1v) is 7.94. The lowest BCUT2D eigenvalue weighted by atomic mass is 9.92. The van der Waals surface area contributed by atoms with Gasteiger partial charge in [-0.15, -0.1) is 0 Å². The Morgan fingerprint density at radius 1 is 1.36 bits per heavy atom. The molecule has 0 fully saturated rings. The fourth-order valence-electron chi connectivity index (χ4n) is 2.48. The molecular weight excluding hydrogens is 327 g/mol. The van der Waals surface area contributed by atoms with Crippen LogP contribution in [0.1, 0.15) is 50.1 Å². The Kier molecular flexibility index (Phi) is 5.79. The predicted octanol–water partition coefficient (Wildman–Crippen LogP) is 2.91. The summed E-state index contributed by atoms with van der Waals surface area (Å²) in [6.45, 7) is 5.14. The molecule has 7 heteroatoms. The van der Waals surface area contributed by atoms with Gasteiger partial charge in [-0.05, 0) is 44.5 Å². The number of aromatic amines is 1. The molecule has 0 radical (unpaired) electrons. The number of aromatic nitrogens is 2. The molecule has 0 saturated carbocycles. The molecule has 0 aliphatic carbocycles. The molecule has 2 aromatic rings. The van der Waals surface area contributed by atoms with Crippen LogP contribution in [0.4, 0.5) is 4.39 Å². The summed E-state index contributed by atoms with van der Waals surface area (Å²) in [7, 11) is 1.39. The van der Waals surface area contributed by atoms with Crippen molar-refractivity contribution in [3.05, 3.63) is 47.0 Å². The molecular formula is C18H23FN2O4. The van der Waals surface area contributed by atoms with E-state index in [1.54, 1.807) is 32.9 Å². The van der Waals surface area contributed by atoms with Gasteiger partial charge in [0.1, 0.15) is 5.60 Å². The van der Waals surface area contributed by atoms with E-state index < -0.39 is 23.3 Å². The van der Waals surface area contributed by atoms with E-state index in [4.69, 9.17) is 9.47 Å². The Morgan fingerprint density at radius 2 is 2.08 bits per heavy atom. The van der Waals surface area contributed by atoms with Crippen LogP contribution in [0.25, 0.3) is 0 Å². The average molecular weight is 350 g/mol. The van der Waals surface area contributed by atoms with Crippen molar-refractivity contribution in [2.24, 2.45) is 0 Å². The molecule has 2 N–H and O–H groups in total. The molecule has 1 aromatic carbocycles. The second-order valence-electron chi connectivity index (χ2n) is 6.71. The molecule has 25 heavy (non-hydrogen) atoms. The maximum absolute atomic E-state index is 14.1. The zero-order valence-electron chi connectivity index (χ0n) is 14.8. The molecule has 0 aliphatic rings. The van der Waals surface area contributed by atoms with Gasteiger partial charge in [-0.25, -0.2) is 4.39 Å². The van der Waals surface area contributed by atoms with Crippen LogP contribution in [0.15, 0.2) is 24.3 Å². The smallest absolute Gasteiger partial charge is 0.307 e. The summed E-state index contributed by atoms with van der Waals surface area (Å²) in [6.07, 6.45) is -0.00123. The van der Waals surface area contributed by atoms with Crippen LogP contribution in [0.2, 0.25) is 0 Å². The summed E-state index contributed by atoms with van der Waals surface area (Å²) in [6, 6.07) is 6.16. The standard InChI is InChI=1S/C18H23FN2O4/c1-18(2,3)25-17(23)9-13(15-8-12(10-22)20-21-15)11-5-6-16(24-4)14(19)7-11/h5-8,13,22H,9-10H2,1-4H3,(H,20,21). The van der Waals surface area contributed by atoms with Crippen LogP contribution in [0.5, 0.6) is 5.75 Å². The Hall–Kier alpha value is -2.41. The van der Waals surface area contributed by atoms with Crippen molar-refractivity contribution < 1.29 is 23.8 Å². The number of aliphatic hydroxyl groups is 1. The third kappa shape index (κ3) is 5.03. The molecule has 2 rings (SSSR count). The van der Waals surface area contributed by atoms with Crippen LogP contribution >= 0.6 is 0 Å². The van der Waals surface area contributed by atoms with E-state index >= 15 is 0 Å². The lowest BCUT2D eigenvalue weighted by molar-refractivity contribution is -0.155. The van der Waals surface area contributed by atoms with Crippen LogP contribution in [0.3, 0.4) is 0 Å². The molecule has 0 spiro atoms. The van der Waals surface area contributed by atoms with Gasteiger partial charge in [-0.3, -0.25) is 9.89 Å². The maximum Gasteiger partial charge on any atom is 0.307 e. The first kappa shape index (κ1) is 18.9. The fraction of sp³-hybridized carbons (Fsp3) is 0.444. The highest BCUT2D eigenvalue weighted by atomic mass is 19.1. The molecule has 136 valence electrons. The molecule has 1 atom stereocenters. The second-order valence-corrected chi connectivity index (χ2v) is 6.71. The number of nitrogens with one attached hydrogen (secondary N) is 1. The minimum atomic E-state index is -0.616. The number of rotatable bonds is 6. The van der Waals surface area contributed by atoms with E-state index in [2.05, 4.69) is 10.2 Å². The van der Waals surface area contributed by atoms with Crippen LogP contribution in [-0.2, 0) is 16.1 Å². The topological polar surface area (TPSA) is 84.4 Å². The number of hydrogen-bond acceptors (Lipinski definition) is 5. The Labute approximate surface area is 146 Å². The van der Waals surface area contributed by atoms with Crippen molar-refractivity contribution in [2.75, 3.05) is 7.11 Å². The summed E-state index contributed by atoms with van der Waals surface area (Å²) in [5.41, 5.74) is 0.993. The van der Waals surface area contributed by atoms with E-state index in [-0.39, 0.29) is 18.8 Å². The molecule has 6 nitrogen and oxygen atoms in total. The van der Waals surface area contributed by atoms with E-state index in [0.717, 1.165) is 0 Å². The second kappa shape index (κ2) is 7.65. The first-order chi connectivity index (χ1) is 11.7. The molecule has 1 heterocycles. The quantitative estimate of drug-likeness (QED) is 0.783. The maximum atomic E-state index is 14.1. The van der Waals surface area contributed by atoms with Gasteiger partial charge in [0.25, 0.3) is 0 Å². The summed E-state index contributed by atoms with van der Waals surface area (Å²) in [4.78, 5) is 12.3. The largest absolute Gasteiger partial charge is 0.494 e. The van der Waals surface area contributed by atoms with Crippen molar-refractivity contribution in [1.82, 2.24) is 10.2 Å². The van der Waals surface area contributed by atoms with Gasteiger partial charge in [0.2, 0.25) is 0 Å². The molecule has 0 bridgehead atoms. The highest BCUT2D eigenvalue weighted by Crippen LogP contribution is 2.31. The first-order valence-electron chi connectivity index (χ1n) is 7.94. The van der Waals surface area contributed by atoms with E-state index in [1.807, 2.05) is 0 Å². The third-order valence-electron chi connectivity index (χ3n) is 3.55. The number of H-pyrrole nitrogens is 1. The molecule has 1 aromatic heterocycles. The number of carbonyl (C=O) groups is 1. The van der Waals surface area contributed by atoms with Gasteiger partial charge in [-0.1, -0.05) is 6.07 Å². The van der Waals surface area contributed by atoms with Crippen molar-refractivity contribution in [3.63, 3.8) is 0 Å². The van der Waals surface area contributed by atoms with Gasteiger partial charge in [0, 0.05) is 5.92 Å². The Balaban J connectivity index is 2.35. The molecule has 0 aliphatic heterocycles. The van der Waals surface area contributed by atoms with Gasteiger partial charge in [0.15, 0.2) is 11.6 Å². The van der Waals surface area contributed by atoms with Crippen LogP contribution in [-0.4, -0.2) is 34.0 Å². The van der Waals surface area contributed by atoms with Gasteiger partial charge in [-0.2, -0.15) is 5.10 Å². The summed E-state index contributed by atoms with van der Waals surface area (Å²) in [5.74, 6) is -1.32. The SMILES string of the molecule is COc1ccc(C(CC(=O)OC(C)(C)C)c2cc(CO)[nH]n2)cc1F. The van der Waals surface area contributed by atoms with E-state index in [9.17, 15) is 14.3 Å². The Bertz CT molecular complexity index is 737. The van der Waals surface area contributed by atoms with Gasteiger partial charge in [0.05, 0.1) is 31.5 Å². The van der Waals surface area contributed by atoms with E-state index in [0.29, 0.717) is 17.0 Å². The highest BCUT2D eigenvalue weighted by molar-refractivity contribution is 5.71. The number of halogens is 1. The zero-order valence-corrected chi connectivity index (χ0v) is 14.8. The number of methoxy groups -OCH3 is 1. The van der Waals surface area contributed by atoms with Crippen LogP contribution in [0, 0.1) is 5.82 Å². The Morgan fingerprint density at radius 3 is 2.60 bits per heavy atom. The van der Waals surface area contributed by atoms with Crippen molar-refractivity contribution in [3.8, 4) is 5.75 Å². The number of ether oxygens (including phenoxy) is 2. The van der Waals surface area contributed by atoms with Crippen molar-refractivity contribution in [2.45, 2.75) is 45.3 Å². The third-order valence-corrected chi connectivity index (χ3v) is 3.55. The fourth-order valence-corrected chi connectivity index (χ4v) is 2.48. The monoisotopic (exact) mass is 350 g/mol. The lowest BCUT2D eigenvalue weighted by Crippen LogP contribution is -2.25. The number of hydrogen-bond donors (Lipinski definition) is 2. The molecule has 0 saturated heterocycles. The van der Waals surface area contributed by atoms with Crippen molar-refractivity contribution in [1.29, 1.82) is 0 Å². The number of benzene rings is 1. The van der Waals surface area contributed by atoms with Gasteiger partial charge >= 0.3 is 5.97 Å². The van der Waals surface area contributed by atoms with Crippen LogP contribution < -0.4 is 4.74 Å². The lowest BCUT2D eigenvalue weighted by Gasteiger charge is -2.22. The van der Waals surface area contributed by atoms with Gasteiger partial charge < -0.3 is 14.6 Å². The summed E-state index contributed by atoms with van der Waals surface area (Å²) >= 11 is 0. The highest BCUT2D eigenvalue weighted by Gasteiger charge is 2.25. The zero-order chi connectivity index (χ0) is 18.6. The minimum absolute atomic E-state index is 0.00123. The van der Waals surface area contributed by atoms with Crippen molar-refractivity contribution >= 4 is 5.97 Å². The number of esters is 1. The minimum Gasteiger partial charge on any atom is -0.494 e. The number of nitrogens with zero attached hydrogens (tertiary/aromatic N) is 1.